The normalized spacial score (nSPS) is 24.7. The summed E-state index contributed by atoms with van der Waals surface area (Å²) in [5.74, 6) is -1.57. The number of hydrogen-bond acceptors (Lipinski definition) is 1. The Hall–Kier alpha value is -1.44. The number of nitriles is 1. The predicted octanol–water partition coefficient (Wildman–Crippen LogP) is 3.26. The lowest BCUT2D eigenvalue weighted by Crippen LogP contribution is -2.15. The molecule has 0 N–H and O–H groups in total. The summed E-state index contributed by atoms with van der Waals surface area (Å²) in [7, 11) is 0. The van der Waals surface area contributed by atoms with E-state index in [0.29, 0.717) is 11.1 Å². The van der Waals surface area contributed by atoms with Gasteiger partial charge in [-0.25, -0.2) is 0 Å². The van der Waals surface area contributed by atoms with Gasteiger partial charge in [0.25, 0.3) is 0 Å². The van der Waals surface area contributed by atoms with Gasteiger partial charge in [0, 0.05) is 0 Å². The average Bonchev–Trinajstić information content (AvgIpc) is 2.96. The van der Waals surface area contributed by atoms with Gasteiger partial charge in [0.2, 0.25) is 0 Å². The van der Waals surface area contributed by atoms with Crippen LogP contribution in [0.3, 0.4) is 0 Å². The first-order valence-electron chi connectivity index (χ1n) is 4.72. The van der Waals surface area contributed by atoms with E-state index >= 15 is 0 Å². The quantitative estimate of drug-likeness (QED) is 0.687. The van der Waals surface area contributed by atoms with Crippen LogP contribution < -0.4 is 0 Å². The third-order valence-corrected chi connectivity index (χ3v) is 2.77. The highest BCUT2D eigenvalue weighted by atomic mass is 19.4. The highest BCUT2D eigenvalue weighted by molar-refractivity contribution is 6.61. The lowest BCUT2D eigenvalue weighted by Gasteiger charge is -2.12. The van der Waals surface area contributed by atoms with Crippen molar-refractivity contribution in [1.29, 1.82) is 5.26 Å². The van der Waals surface area contributed by atoms with Crippen LogP contribution in [0.15, 0.2) is 24.3 Å². The molecular formula is C10H8BF3N-. The van der Waals surface area contributed by atoms with Gasteiger partial charge in [0.1, 0.15) is 0 Å². The second-order valence-electron chi connectivity index (χ2n) is 3.87. The minimum absolute atomic E-state index is 0.179. The molecule has 0 bridgehead atoms. The molecule has 0 saturated heterocycles. The molecule has 1 fully saturated rings. The topological polar surface area (TPSA) is 23.8 Å². The third-order valence-electron chi connectivity index (χ3n) is 2.77. The minimum atomic E-state index is -4.72. The largest absolute Gasteiger partial charge is 0.481 e. The SMILES string of the molecule is N#Cc1cccc([C@@H]2C[C@H]2[B-](F)(F)F)c1. The zero-order chi connectivity index (χ0) is 11.1. The Morgan fingerprint density at radius 1 is 1.33 bits per heavy atom. The first-order chi connectivity index (χ1) is 7.02. The molecule has 0 spiro atoms. The molecule has 0 aromatic heterocycles. The molecule has 0 radical (unpaired) electrons. The molecule has 1 aromatic rings. The van der Waals surface area contributed by atoms with E-state index in [4.69, 9.17) is 5.26 Å². The second kappa shape index (κ2) is 3.30. The van der Waals surface area contributed by atoms with Crippen molar-refractivity contribution in [2.75, 3.05) is 0 Å². The summed E-state index contributed by atoms with van der Waals surface area (Å²) in [6.07, 6.45) is 0.179. The molecule has 1 nitrogen and oxygen atoms in total. The molecule has 5 heteroatoms. The summed E-state index contributed by atoms with van der Waals surface area (Å²) in [5.41, 5.74) is 1.06. The van der Waals surface area contributed by atoms with Gasteiger partial charge in [0.05, 0.1) is 11.6 Å². The summed E-state index contributed by atoms with van der Waals surface area (Å²) in [4.78, 5) is 0. The third kappa shape index (κ3) is 1.99. The Labute approximate surface area is 85.6 Å². The van der Waals surface area contributed by atoms with E-state index in [-0.39, 0.29) is 6.42 Å². The van der Waals surface area contributed by atoms with Crippen molar-refractivity contribution in [3.63, 3.8) is 0 Å². The van der Waals surface area contributed by atoms with Crippen molar-refractivity contribution in [2.45, 2.75) is 18.2 Å². The standard InChI is InChI=1S/C10H8BF3N/c12-11(13,14)10-5-9(10)8-3-1-2-7(4-8)6-15/h1-4,9-10H,5H2/q-1/t9-,10+/m0/s1. The van der Waals surface area contributed by atoms with Gasteiger partial charge in [-0.1, -0.05) is 24.4 Å². The first-order valence-corrected chi connectivity index (χ1v) is 4.72. The molecule has 78 valence electrons. The van der Waals surface area contributed by atoms with Gasteiger partial charge >= 0.3 is 6.98 Å². The average molecular weight is 210 g/mol. The Morgan fingerprint density at radius 3 is 2.60 bits per heavy atom. The summed E-state index contributed by atoms with van der Waals surface area (Å²) in [5, 5.41) is 8.62. The van der Waals surface area contributed by atoms with Crippen molar-refractivity contribution in [2.24, 2.45) is 0 Å². The first kappa shape index (κ1) is 10.1. The minimum Gasteiger partial charge on any atom is -0.449 e. The zero-order valence-corrected chi connectivity index (χ0v) is 7.83. The molecule has 0 heterocycles. The molecule has 2 atom stereocenters. The van der Waals surface area contributed by atoms with E-state index in [1.807, 2.05) is 6.07 Å². The number of halogens is 3. The number of nitrogens with zero attached hydrogens (tertiary/aromatic N) is 1. The Kier molecular flexibility index (Phi) is 2.22. The van der Waals surface area contributed by atoms with E-state index in [9.17, 15) is 12.9 Å². The highest BCUT2D eigenvalue weighted by Gasteiger charge is 2.51. The fourth-order valence-electron chi connectivity index (χ4n) is 1.85. The van der Waals surface area contributed by atoms with Gasteiger partial charge in [-0.2, -0.15) is 5.26 Å². The van der Waals surface area contributed by atoms with Crippen LogP contribution in [0.4, 0.5) is 12.9 Å². The molecule has 1 aliphatic rings. The van der Waals surface area contributed by atoms with Crippen molar-refractivity contribution < 1.29 is 12.9 Å². The summed E-state index contributed by atoms with van der Waals surface area (Å²) in [6, 6.07) is 8.36. The van der Waals surface area contributed by atoms with Crippen molar-refractivity contribution in [3.05, 3.63) is 35.4 Å². The zero-order valence-electron chi connectivity index (χ0n) is 7.83. The van der Waals surface area contributed by atoms with Crippen LogP contribution in [0.2, 0.25) is 5.82 Å². The van der Waals surface area contributed by atoms with Gasteiger partial charge in [-0.05, 0) is 23.6 Å². The van der Waals surface area contributed by atoms with Gasteiger partial charge in [-0.15, -0.1) is 0 Å². The fraction of sp³-hybridized carbons (Fsp3) is 0.300. The highest BCUT2D eigenvalue weighted by Crippen LogP contribution is 2.59. The van der Waals surface area contributed by atoms with Crippen molar-refractivity contribution >= 4 is 6.98 Å². The number of benzene rings is 1. The van der Waals surface area contributed by atoms with Crippen LogP contribution in [0.5, 0.6) is 0 Å². The molecular weight excluding hydrogens is 202 g/mol. The van der Waals surface area contributed by atoms with Crippen LogP contribution in [-0.2, 0) is 0 Å². The number of rotatable bonds is 2. The van der Waals surface area contributed by atoms with E-state index < -0.39 is 18.7 Å². The maximum absolute atomic E-state index is 12.4. The molecule has 0 aliphatic heterocycles. The van der Waals surface area contributed by atoms with Crippen molar-refractivity contribution in [3.8, 4) is 6.07 Å². The summed E-state index contributed by atoms with van der Waals surface area (Å²) in [6.45, 7) is -4.72. The predicted molar refractivity (Wildman–Crippen MR) is 51.3 cm³/mol. The van der Waals surface area contributed by atoms with E-state index in [2.05, 4.69) is 0 Å². The smallest absolute Gasteiger partial charge is 0.449 e. The molecule has 1 saturated carbocycles. The van der Waals surface area contributed by atoms with Crippen molar-refractivity contribution in [1.82, 2.24) is 0 Å². The summed E-state index contributed by atoms with van der Waals surface area (Å²) < 4.78 is 37.1. The number of hydrogen-bond donors (Lipinski definition) is 0. The molecule has 0 unspecified atom stereocenters. The van der Waals surface area contributed by atoms with Crippen LogP contribution in [0.25, 0.3) is 0 Å². The van der Waals surface area contributed by atoms with Crippen LogP contribution in [-0.4, -0.2) is 6.98 Å². The fourth-order valence-corrected chi connectivity index (χ4v) is 1.85. The van der Waals surface area contributed by atoms with Gasteiger partial charge in [-0.3, -0.25) is 0 Å². The molecule has 1 aromatic carbocycles. The maximum atomic E-state index is 12.4. The van der Waals surface area contributed by atoms with E-state index in [1.165, 1.54) is 0 Å². The Morgan fingerprint density at radius 2 is 2.07 bits per heavy atom. The second-order valence-corrected chi connectivity index (χ2v) is 3.87. The van der Waals surface area contributed by atoms with E-state index in [0.717, 1.165) is 0 Å². The monoisotopic (exact) mass is 210 g/mol. The van der Waals surface area contributed by atoms with Gasteiger partial charge < -0.3 is 12.9 Å². The van der Waals surface area contributed by atoms with E-state index in [1.54, 1.807) is 24.3 Å². The Bertz CT molecular complexity index is 421. The Balaban J connectivity index is 2.17. The van der Waals surface area contributed by atoms with Crippen LogP contribution in [0, 0.1) is 11.3 Å². The van der Waals surface area contributed by atoms with Crippen LogP contribution >= 0.6 is 0 Å². The maximum Gasteiger partial charge on any atom is 0.481 e. The summed E-state index contributed by atoms with van der Waals surface area (Å²) >= 11 is 0. The molecule has 1 aliphatic carbocycles. The van der Waals surface area contributed by atoms with Gasteiger partial charge in [0.15, 0.2) is 0 Å². The lowest BCUT2D eigenvalue weighted by molar-refractivity contribution is 0.463. The molecule has 2 rings (SSSR count). The van der Waals surface area contributed by atoms with Crippen LogP contribution in [0.1, 0.15) is 23.5 Å². The molecule has 0 amide bonds. The molecule has 15 heavy (non-hydrogen) atoms. The lowest BCUT2D eigenvalue weighted by atomic mass is 9.81.